The Morgan fingerprint density at radius 3 is 2.44 bits per heavy atom. The lowest BCUT2D eigenvalue weighted by molar-refractivity contribution is 0.0690. The van der Waals surface area contributed by atoms with Gasteiger partial charge in [-0.1, -0.05) is 42.1 Å². The van der Waals surface area contributed by atoms with Crippen LogP contribution in [0, 0.1) is 5.92 Å². The molecular formula is C24H27N3O3S2. The molecule has 2 atom stereocenters. The number of carbonyl (C=O) groups is 1. The number of thioether (sulfide) groups is 1. The van der Waals surface area contributed by atoms with Gasteiger partial charge in [-0.2, -0.15) is 0 Å². The Bertz CT molecular complexity index is 1110. The van der Waals surface area contributed by atoms with Gasteiger partial charge in [-0.3, -0.25) is 9.79 Å². The van der Waals surface area contributed by atoms with Crippen LogP contribution in [0.15, 0.2) is 59.6 Å². The summed E-state index contributed by atoms with van der Waals surface area (Å²) in [5.41, 5.74) is 2.92. The number of hydrogen-bond donors (Lipinski definition) is 1. The number of aliphatic imine (C=N–C) groups is 1. The van der Waals surface area contributed by atoms with E-state index in [9.17, 15) is 13.2 Å². The molecule has 32 heavy (non-hydrogen) atoms. The van der Waals surface area contributed by atoms with Gasteiger partial charge in [0, 0.05) is 29.6 Å². The SMILES string of the molecule is O=C(c1ccc(NC2=N[C@@H]3CS(=O)(=O)C[C@H]3S2)cc1)N1CCC(Cc2ccccc2)CC1. The number of benzene rings is 2. The quantitative estimate of drug-likeness (QED) is 0.742. The van der Waals surface area contributed by atoms with Crippen LogP contribution in [0.4, 0.5) is 5.69 Å². The van der Waals surface area contributed by atoms with Gasteiger partial charge < -0.3 is 10.2 Å². The van der Waals surface area contributed by atoms with Crippen LogP contribution in [-0.4, -0.2) is 60.3 Å². The third-order valence-electron chi connectivity index (χ3n) is 6.47. The zero-order valence-corrected chi connectivity index (χ0v) is 19.4. The van der Waals surface area contributed by atoms with Crippen LogP contribution in [0.1, 0.15) is 28.8 Å². The molecule has 0 spiro atoms. The third kappa shape index (κ3) is 4.86. The van der Waals surface area contributed by atoms with Gasteiger partial charge in [-0.15, -0.1) is 0 Å². The first-order valence-electron chi connectivity index (χ1n) is 11.1. The highest BCUT2D eigenvalue weighted by atomic mass is 32.2. The monoisotopic (exact) mass is 469 g/mol. The van der Waals surface area contributed by atoms with E-state index in [-0.39, 0.29) is 28.7 Å². The molecule has 0 bridgehead atoms. The molecular weight excluding hydrogens is 442 g/mol. The van der Waals surface area contributed by atoms with Crippen molar-refractivity contribution in [2.45, 2.75) is 30.6 Å². The largest absolute Gasteiger partial charge is 0.339 e. The van der Waals surface area contributed by atoms with Gasteiger partial charge in [0.1, 0.15) is 0 Å². The van der Waals surface area contributed by atoms with Crippen molar-refractivity contribution in [3.05, 3.63) is 65.7 Å². The Labute approximate surface area is 193 Å². The maximum Gasteiger partial charge on any atom is 0.253 e. The molecule has 6 nitrogen and oxygen atoms in total. The lowest BCUT2D eigenvalue weighted by atomic mass is 9.90. The molecule has 2 saturated heterocycles. The van der Waals surface area contributed by atoms with Gasteiger partial charge in [0.05, 0.1) is 17.5 Å². The van der Waals surface area contributed by atoms with Crippen LogP contribution in [0.3, 0.4) is 0 Å². The molecule has 0 aromatic heterocycles. The lowest BCUT2D eigenvalue weighted by Gasteiger charge is -2.32. The van der Waals surface area contributed by atoms with E-state index in [2.05, 4.69) is 34.6 Å². The number of nitrogens with one attached hydrogen (secondary N) is 1. The Hall–Kier alpha value is -2.32. The number of carbonyl (C=O) groups excluding carboxylic acids is 1. The normalized spacial score (nSPS) is 24.8. The molecule has 3 aliphatic heterocycles. The Balaban J connectivity index is 1.13. The molecule has 2 fully saturated rings. The van der Waals surface area contributed by atoms with Crippen molar-refractivity contribution < 1.29 is 13.2 Å². The molecule has 0 unspecified atom stereocenters. The van der Waals surface area contributed by atoms with Gasteiger partial charge in [0.2, 0.25) is 0 Å². The van der Waals surface area contributed by atoms with Crippen LogP contribution < -0.4 is 5.32 Å². The topological polar surface area (TPSA) is 78.8 Å². The zero-order valence-electron chi connectivity index (χ0n) is 17.8. The third-order valence-corrected chi connectivity index (χ3v) is 9.61. The van der Waals surface area contributed by atoms with E-state index in [0.29, 0.717) is 11.5 Å². The van der Waals surface area contributed by atoms with Crippen LogP contribution in [0.2, 0.25) is 0 Å². The summed E-state index contributed by atoms with van der Waals surface area (Å²) in [7, 11) is -2.95. The first-order chi connectivity index (χ1) is 15.4. The second-order valence-corrected chi connectivity index (χ2v) is 12.2. The minimum Gasteiger partial charge on any atom is -0.339 e. The molecule has 1 N–H and O–H groups in total. The van der Waals surface area contributed by atoms with E-state index in [1.165, 1.54) is 17.3 Å². The number of amides is 1. The van der Waals surface area contributed by atoms with Gasteiger partial charge in [0.25, 0.3) is 5.91 Å². The van der Waals surface area contributed by atoms with Crippen LogP contribution in [-0.2, 0) is 16.3 Å². The Kier molecular flexibility index (Phi) is 5.99. The summed E-state index contributed by atoms with van der Waals surface area (Å²) in [6.45, 7) is 1.60. The molecule has 2 aromatic carbocycles. The molecule has 5 rings (SSSR count). The average Bonchev–Trinajstić information content (AvgIpc) is 3.27. The van der Waals surface area contributed by atoms with Gasteiger partial charge in [-0.05, 0) is 55.0 Å². The smallest absolute Gasteiger partial charge is 0.253 e. The summed E-state index contributed by atoms with van der Waals surface area (Å²) in [6, 6.07) is 17.9. The highest BCUT2D eigenvalue weighted by molar-refractivity contribution is 8.15. The second kappa shape index (κ2) is 8.90. The molecule has 0 saturated carbocycles. The number of likely N-dealkylation sites (tertiary alicyclic amines) is 1. The standard InChI is InChI=1S/C24H27N3O3S2/c28-23(27-12-10-18(11-13-27)14-17-4-2-1-3-5-17)19-6-8-20(9-7-19)25-24-26-21-15-32(29,30)16-22(21)31-24/h1-9,18,21-22H,10-16H2,(H,25,26)/t21-,22-/m1/s1. The van der Waals surface area contributed by atoms with E-state index < -0.39 is 9.84 Å². The van der Waals surface area contributed by atoms with Crippen molar-refractivity contribution in [3.8, 4) is 0 Å². The predicted molar refractivity (Wildman–Crippen MR) is 130 cm³/mol. The van der Waals surface area contributed by atoms with E-state index in [1.54, 1.807) is 0 Å². The number of fused-ring (bicyclic) bond motifs is 1. The van der Waals surface area contributed by atoms with E-state index >= 15 is 0 Å². The summed E-state index contributed by atoms with van der Waals surface area (Å²) in [5, 5.41) is 4.04. The van der Waals surface area contributed by atoms with Crippen molar-refractivity contribution >= 4 is 38.4 Å². The Morgan fingerprint density at radius 2 is 1.75 bits per heavy atom. The zero-order chi connectivity index (χ0) is 22.1. The van der Waals surface area contributed by atoms with Crippen molar-refractivity contribution in [3.63, 3.8) is 0 Å². The molecule has 168 valence electrons. The number of sulfone groups is 1. The molecule has 1 amide bonds. The number of amidine groups is 1. The fourth-order valence-electron chi connectivity index (χ4n) is 4.71. The van der Waals surface area contributed by atoms with E-state index in [1.807, 2.05) is 35.2 Å². The first-order valence-corrected chi connectivity index (χ1v) is 13.8. The van der Waals surface area contributed by atoms with Gasteiger partial charge in [0.15, 0.2) is 15.0 Å². The van der Waals surface area contributed by atoms with E-state index in [4.69, 9.17) is 0 Å². The molecule has 3 heterocycles. The number of anilines is 1. The summed E-state index contributed by atoms with van der Waals surface area (Å²) >= 11 is 1.50. The van der Waals surface area contributed by atoms with Crippen molar-refractivity contribution in [1.29, 1.82) is 0 Å². The molecule has 3 aliphatic rings. The number of nitrogens with zero attached hydrogens (tertiary/aromatic N) is 2. The minimum absolute atomic E-state index is 0.0215. The summed E-state index contributed by atoms with van der Waals surface area (Å²) in [5.74, 6) is 1.06. The van der Waals surface area contributed by atoms with Crippen molar-refractivity contribution in [2.75, 3.05) is 29.9 Å². The first kappa shape index (κ1) is 21.5. The minimum atomic E-state index is -2.95. The van der Waals surface area contributed by atoms with Crippen molar-refractivity contribution in [1.82, 2.24) is 4.90 Å². The number of hydrogen-bond acceptors (Lipinski definition) is 6. The maximum atomic E-state index is 12.9. The Morgan fingerprint density at radius 1 is 1.03 bits per heavy atom. The number of rotatable bonds is 4. The fourth-order valence-corrected chi connectivity index (χ4v) is 8.38. The second-order valence-electron chi connectivity index (χ2n) is 8.86. The molecule has 0 radical (unpaired) electrons. The lowest BCUT2D eigenvalue weighted by Crippen LogP contribution is -2.38. The number of piperidine rings is 1. The van der Waals surface area contributed by atoms with Gasteiger partial charge >= 0.3 is 0 Å². The highest BCUT2D eigenvalue weighted by Gasteiger charge is 2.42. The van der Waals surface area contributed by atoms with Crippen LogP contribution >= 0.6 is 11.8 Å². The predicted octanol–water partition coefficient (Wildman–Crippen LogP) is 3.46. The fraction of sp³-hybridized carbons (Fsp3) is 0.417. The van der Waals surface area contributed by atoms with E-state index in [0.717, 1.165) is 43.2 Å². The van der Waals surface area contributed by atoms with Crippen LogP contribution in [0.5, 0.6) is 0 Å². The van der Waals surface area contributed by atoms with Crippen molar-refractivity contribution in [2.24, 2.45) is 10.9 Å². The maximum absolute atomic E-state index is 12.9. The summed E-state index contributed by atoms with van der Waals surface area (Å²) < 4.78 is 23.4. The van der Waals surface area contributed by atoms with Gasteiger partial charge in [-0.25, -0.2) is 8.42 Å². The molecule has 0 aliphatic carbocycles. The summed E-state index contributed by atoms with van der Waals surface area (Å²) in [4.78, 5) is 19.4. The average molecular weight is 470 g/mol. The molecule has 2 aromatic rings. The highest BCUT2D eigenvalue weighted by Crippen LogP contribution is 2.34. The van der Waals surface area contributed by atoms with Crippen LogP contribution in [0.25, 0.3) is 0 Å². The summed E-state index contributed by atoms with van der Waals surface area (Å²) in [6.07, 6.45) is 3.16. The molecule has 8 heteroatoms.